The molecular weight excluding hydrogens is 386 g/mol. The molecule has 2 heterocycles. The lowest BCUT2D eigenvalue weighted by Crippen LogP contribution is -2.39. The summed E-state index contributed by atoms with van der Waals surface area (Å²) in [5, 5.41) is 13.8. The summed E-state index contributed by atoms with van der Waals surface area (Å²) in [6.45, 7) is 4.87. The third-order valence-electron chi connectivity index (χ3n) is 4.93. The molecule has 1 aromatic carbocycles. The van der Waals surface area contributed by atoms with Crippen molar-refractivity contribution in [2.45, 2.75) is 26.7 Å². The number of carboxylic acid groups (broad SMARTS) is 1. The Morgan fingerprint density at radius 1 is 1.07 bits per heavy atom. The van der Waals surface area contributed by atoms with Crippen LogP contribution in [0.1, 0.15) is 34.6 Å². The number of aromatic nitrogens is 2. The van der Waals surface area contributed by atoms with Crippen LogP contribution >= 0.6 is 0 Å². The summed E-state index contributed by atoms with van der Waals surface area (Å²) in [7, 11) is 0. The van der Waals surface area contributed by atoms with Gasteiger partial charge in [-0.3, -0.25) is 14.4 Å². The molecule has 0 unspecified atom stereocenters. The summed E-state index contributed by atoms with van der Waals surface area (Å²) < 4.78 is 0. The van der Waals surface area contributed by atoms with Gasteiger partial charge in [0.1, 0.15) is 6.54 Å². The molecule has 0 atom stereocenters. The number of piperidine rings is 1. The van der Waals surface area contributed by atoms with Crippen molar-refractivity contribution in [2.75, 3.05) is 29.9 Å². The van der Waals surface area contributed by atoms with E-state index in [0.717, 1.165) is 11.4 Å². The molecule has 0 saturated carbocycles. The number of amides is 2. The molecule has 0 aliphatic carbocycles. The number of aliphatic carboxylic acids is 1. The third-order valence-corrected chi connectivity index (χ3v) is 4.93. The second-order valence-corrected chi connectivity index (χ2v) is 7.36. The first-order valence-corrected chi connectivity index (χ1v) is 9.80. The number of carbonyl (C=O) groups excluding carboxylic acids is 2. The predicted molar refractivity (Wildman–Crippen MR) is 111 cm³/mol. The van der Waals surface area contributed by atoms with Crippen LogP contribution in [0.3, 0.4) is 0 Å². The highest BCUT2D eigenvalue weighted by molar-refractivity contribution is 5.97. The molecule has 1 aliphatic heterocycles. The number of rotatable bonds is 6. The zero-order chi connectivity index (χ0) is 21.7. The van der Waals surface area contributed by atoms with E-state index >= 15 is 0 Å². The second kappa shape index (κ2) is 9.34. The van der Waals surface area contributed by atoms with E-state index in [1.807, 2.05) is 19.9 Å². The van der Waals surface area contributed by atoms with Gasteiger partial charge in [0.2, 0.25) is 11.9 Å². The van der Waals surface area contributed by atoms with Crippen molar-refractivity contribution in [1.29, 1.82) is 0 Å². The minimum Gasteiger partial charge on any atom is -0.480 e. The van der Waals surface area contributed by atoms with Crippen molar-refractivity contribution in [2.24, 2.45) is 5.92 Å². The molecule has 1 aliphatic rings. The van der Waals surface area contributed by atoms with Crippen LogP contribution in [0.5, 0.6) is 0 Å². The maximum atomic E-state index is 12.6. The van der Waals surface area contributed by atoms with E-state index in [2.05, 4.69) is 25.5 Å². The molecule has 3 rings (SSSR count). The number of aryl methyl sites for hydroxylation is 2. The van der Waals surface area contributed by atoms with Crippen molar-refractivity contribution in [3.63, 3.8) is 0 Å². The van der Waals surface area contributed by atoms with Crippen molar-refractivity contribution >= 4 is 29.4 Å². The van der Waals surface area contributed by atoms with Gasteiger partial charge in [0.05, 0.1) is 0 Å². The molecule has 1 fully saturated rings. The summed E-state index contributed by atoms with van der Waals surface area (Å²) in [4.78, 5) is 46.1. The van der Waals surface area contributed by atoms with Gasteiger partial charge < -0.3 is 20.6 Å². The Hall–Kier alpha value is -3.49. The van der Waals surface area contributed by atoms with Crippen molar-refractivity contribution in [1.82, 2.24) is 15.3 Å². The number of hydrogen-bond donors (Lipinski definition) is 3. The highest BCUT2D eigenvalue weighted by atomic mass is 16.4. The van der Waals surface area contributed by atoms with Gasteiger partial charge in [-0.2, -0.15) is 0 Å². The van der Waals surface area contributed by atoms with Gasteiger partial charge in [0.25, 0.3) is 5.91 Å². The van der Waals surface area contributed by atoms with Crippen LogP contribution in [-0.4, -0.2) is 52.5 Å². The maximum Gasteiger partial charge on any atom is 0.322 e. The zero-order valence-corrected chi connectivity index (χ0v) is 17.0. The molecule has 158 valence electrons. The van der Waals surface area contributed by atoms with E-state index in [9.17, 15) is 14.4 Å². The summed E-state index contributed by atoms with van der Waals surface area (Å²) in [5.41, 5.74) is 2.78. The number of anilines is 2. The number of nitrogens with one attached hydrogen (secondary N) is 2. The Bertz CT molecular complexity index is 917. The van der Waals surface area contributed by atoms with Crippen LogP contribution in [0.15, 0.2) is 30.3 Å². The van der Waals surface area contributed by atoms with E-state index in [1.165, 1.54) is 0 Å². The van der Waals surface area contributed by atoms with Gasteiger partial charge in [-0.25, -0.2) is 9.97 Å². The first kappa shape index (κ1) is 21.2. The average Bonchev–Trinajstić information content (AvgIpc) is 2.72. The van der Waals surface area contributed by atoms with Gasteiger partial charge in [0, 0.05) is 41.6 Å². The standard InChI is InChI=1S/C21H25N5O4/c1-13-11-14(2)24-21(23-13)26-9-7-16(8-10-26)20(30)25-17-5-3-15(4-6-17)19(29)22-12-18(27)28/h3-6,11,16H,7-10,12H2,1-2H3,(H,22,29)(H,25,30)(H,27,28). The monoisotopic (exact) mass is 411 g/mol. The van der Waals surface area contributed by atoms with Crippen molar-refractivity contribution in [3.05, 3.63) is 47.3 Å². The molecule has 1 aromatic heterocycles. The Morgan fingerprint density at radius 3 is 2.23 bits per heavy atom. The highest BCUT2D eigenvalue weighted by Gasteiger charge is 2.26. The smallest absolute Gasteiger partial charge is 0.322 e. The first-order valence-electron chi connectivity index (χ1n) is 9.80. The molecule has 2 amide bonds. The van der Waals surface area contributed by atoms with Gasteiger partial charge in [-0.1, -0.05) is 0 Å². The molecule has 0 spiro atoms. The van der Waals surface area contributed by atoms with Crippen LogP contribution in [0.2, 0.25) is 0 Å². The number of benzene rings is 1. The van der Waals surface area contributed by atoms with E-state index < -0.39 is 18.4 Å². The van der Waals surface area contributed by atoms with Crippen LogP contribution in [0.25, 0.3) is 0 Å². The second-order valence-electron chi connectivity index (χ2n) is 7.36. The highest BCUT2D eigenvalue weighted by Crippen LogP contribution is 2.23. The SMILES string of the molecule is Cc1cc(C)nc(N2CCC(C(=O)Nc3ccc(C(=O)NCC(=O)O)cc3)CC2)n1. The summed E-state index contributed by atoms with van der Waals surface area (Å²) in [6.07, 6.45) is 1.41. The maximum absolute atomic E-state index is 12.6. The Kier molecular flexibility index (Phi) is 6.61. The Balaban J connectivity index is 1.52. The minimum atomic E-state index is -1.11. The molecule has 30 heavy (non-hydrogen) atoms. The Morgan fingerprint density at radius 2 is 1.67 bits per heavy atom. The molecule has 2 aromatic rings. The molecule has 0 radical (unpaired) electrons. The van der Waals surface area contributed by atoms with Crippen molar-refractivity contribution in [3.8, 4) is 0 Å². The summed E-state index contributed by atoms with van der Waals surface area (Å²) in [6, 6.07) is 8.29. The number of hydrogen-bond acceptors (Lipinski definition) is 6. The third kappa shape index (κ3) is 5.53. The van der Waals surface area contributed by atoms with Gasteiger partial charge in [-0.05, 0) is 57.0 Å². The van der Waals surface area contributed by atoms with E-state index in [4.69, 9.17) is 5.11 Å². The first-order chi connectivity index (χ1) is 14.3. The van der Waals surface area contributed by atoms with Crippen LogP contribution in [0.4, 0.5) is 11.6 Å². The lowest BCUT2D eigenvalue weighted by molar-refractivity contribution is -0.135. The van der Waals surface area contributed by atoms with E-state index in [1.54, 1.807) is 24.3 Å². The largest absolute Gasteiger partial charge is 0.480 e. The normalized spacial score (nSPS) is 14.3. The van der Waals surface area contributed by atoms with E-state index in [0.29, 0.717) is 43.1 Å². The quantitative estimate of drug-likeness (QED) is 0.661. The number of carbonyl (C=O) groups is 3. The summed E-state index contributed by atoms with van der Waals surface area (Å²) in [5.74, 6) is -1.04. The molecule has 1 saturated heterocycles. The molecule has 0 bridgehead atoms. The molecule has 3 N–H and O–H groups in total. The fraction of sp³-hybridized carbons (Fsp3) is 0.381. The van der Waals surface area contributed by atoms with Gasteiger partial charge in [0.15, 0.2) is 0 Å². The minimum absolute atomic E-state index is 0.0564. The molecule has 9 nitrogen and oxygen atoms in total. The Labute approximate surface area is 174 Å². The van der Waals surface area contributed by atoms with Crippen LogP contribution in [0, 0.1) is 19.8 Å². The average molecular weight is 411 g/mol. The van der Waals surface area contributed by atoms with E-state index in [-0.39, 0.29) is 11.8 Å². The number of carboxylic acids is 1. The topological polar surface area (TPSA) is 125 Å². The number of nitrogens with zero attached hydrogens (tertiary/aromatic N) is 3. The summed E-state index contributed by atoms with van der Waals surface area (Å²) >= 11 is 0. The predicted octanol–water partition coefficient (Wildman–Crippen LogP) is 1.76. The fourth-order valence-corrected chi connectivity index (χ4v) is 3.40. The lowest BCUT2D eigenvalue weighted by atomic mass is 9.96. The van der Waals surface area contributed by atoms with Crippen LogP contribution < -0.4 is 15.5 Å². The van der Waals surface area contributed by atoms with Gasteiger partial charge >= 0.3 is 5.97 Å². The lowest BCUT2D eigenvalue weighted by Gasteiger charge is -2.31. The molecular formula is C21H25N5O4. The molecule has 9 heteroatoms. The zero-order valence-electron chi connectivity index (χ0n) is 17.0. The van der Waals surface area contributed by atoms with Gasteiger partial charge in [-0.15, -0.1) is 0 Å². The van der Waals surface area contributed by atoms with Crippen molar-refractivity contribution < 1.29 is 19.5 Å². The van der Waals surface area contributed by atoms with Crippen LogP contribution in [-0.2, 0) is 9.59 Å². The fourth-order valence-electron chi connectivity index (χ4n) is 3.40.